The van der Waals surface area contributed by atoms with Crippen LogP contribution in [0.4, 0.5) is 15.9 Å². The van der Waals surface area contributed by atoms with Crippen molar-refractivity contribution >= 4 is 39.0 Å². The third-order valence-electron chi connectivity index (χ3n) is 2.18. The largest absolute Gasteiger partial charge is 0.432 e. The maximum Gasteiger partial charge on any atom is 0.372 e. The van der Waals surface area contributed by atoms with Crippen LogP contribution >= 0.6 is 27.5 Å². The third-order valence-corrected chi connectivity index (χ3v) is 3.09. The number of ether oxygens (including phenoxy) is 1. The number of nitrogens with two attached hydrogens (primary N) is 1. The number of rotatable bonds is 3. The van der Waals surface area contributed by atoms with E-state index in [4.69, 9.17) is 22.1 Å². The molecule has 0 saturated heterocycles. The van der Waals surface area contributed by atoms with E-state index in [0.717, 1.165) is 12.4 Å². The van der Waals surface area contributed by atoms with Gasteiger partial charge in [-0.3, -0.25) is 10.1 Å². The Morgan fingerprint density at radius 3 is 2.80 bits per heavy atom. The van der Waals surface area contributed by atoms with E-state index in [1.807, 2.05) is 0 Å². The van der Waals surface area contributed by atoms with Crippen LogP contribution in [0.1, 0.15) is 0 Å². The van der Waals surface area contributed by atoms with Gasteiger partial charge >= 0.3 is 11.6 Å². The molecule has 0 fully saturated rings. The summed E-state index contributed by atoms with van der Waals surface area (Å²) in [7, 11) is 0. The molecule has 1 aromatic carbocycles. The normalized spacial score (nSPS) is 10.3. The monoisotopic (exact) mass is 362 g/mol. The molecule has 2 aromatic rings. The van der Waals surface area contributed by atoms with Crippen molar-refractivity contribution < 1.29 is 14.1 Å². The van der Waals surface area contributed by atoms with E-state index in [2.05, 4.69) is 25.9 Å². The average molecular weight is 364 g/mol. The number of anilines is 1. The molecule has 1 aromatic heterocycles. The second kappa shape index (κ2) is 5.55. The third kappa shape index (κ3) is 2.78. The van der Waals surface area contributed by atoms with Crippen LogP contribution in [0.25, 0.3) is 0 Å². The van der Waals surface area contributed by atoms with E-state index in [0.29, 0.717) is 4.47 Å². The first-order valence-corrected chi connectivity index (χ1v) is 6.14. The zero-order valence-corrected chi connectivity index (χ0v) is 11.9. The molecule has 0 unspecified atom stereocenters. The van der Waals surface area contributed by atoms with Gasteiger partial charge in [-0.2, -0.15) is 4.98 Å². The van der Waals surface area contributed by atoms with Gasteiger partial charge in [-0.1, -0.05) is 11.6 Å². The van der Waals surface area contributed by atoms with Crippen LogP contribution in [0.5, 0.6) is 11.6 Å². The van der Waals surface area contributed by atoms with E-state index in [9.17, 15) is 14.5 Å². The lowest BCUT2D eigenvalue weighted by atomic mass is 10.3. The predicted octanol–water partition coefficient (Wildman–Crippen LogP) is 3.31. The number of benzene rings is 1. The van der Waals surface area contributed by atoms with Crippen LogP contribution < -0.4 is 10.5 Å². The smallest absolute Gasteiger partial charge is 0.372 e. The molecule has 0 aliphatic rings. The zero-order chi connectivity index (χ0) is 14.9. The van der Waals surface area contributed by atoms with Crippen molar-refractivity contribution in [3.05, 3.63) is 43.9 Å². The van der Waals surface area contributed by atoms with Crippen molar-refractivity contribution in [3.8, 4) is 11.6 Å². The highest BCUT2D eigenvalue weighted by molar-refractivity contribution is 9.10. The second-order valence-electron chi connectivity index (χ2n) is 3.47. The van der Waals surface area contributed by atoms with Gasteiger partial charge in [0.05, 0.1) is 14.4 Å². The number of halogens is 3. The quantitative estimate of drug-likeness (QED) is 0.509. The Bertz CT molecular complexity index is 700. The van der Waals surface area contributed by atoms with E-state index < -0.39 is 22.3 Å². The molecular weight excluding hydrogens is 358 g/mol. The molecule has 0 amide bonds. The molecule has 0 saturated carbocycles. The number of nitrogen functional groups attached to an aromatic ring is 1. The number of hydrogen-bond acceptors (Lipinski definition) is 6. The van der Waals surface area contributed by atoms with Gasteiger partial charge in [0, 0.05) is 6.07 Å². The van der Waals surface area contributed by atoms with Crippen molar-refractivity contribution in [2.24, 2.45) is 0 Å². The fourth-order valence-electron chi connectivity index (χ4n) is 1.31. The molecule has 10 heteroatoms. The summed E-state index contributed by atoms with van der Waals surface area (Å²) in [5.74, 6) is -1.53. The lowest BCUT2D eigenvalue weighted by Crippen LogP contribution is -2.03. The number of aromatic nitrogens is 2. The lowest BCUT2D eigenvalue weighted by Gasteiger charge is -2.08. The maximum atomic E-state index is 13.4. The minimum absolute atomic E-state index is 0.0342. The van der Waals surface area contributed by atoms with E-state index >= 15 is 0 Å². The SMILES string of the molecule is Nc1ncnc(Oc2cc(F)c(Cl)cc2Br)c1[N+](=O)[O-]. The molecule has 0 aliphatic heterocycles. The molecular formula is C10H5BrClFN4O3. The van der Waals surface area contributed by atoms with E-state index in [-0.39, 0.29) is 16.6 Å². The van der Waals surface area contributed by atoms with Crippen LogP contribution in [0.3, 0.4) is 0 Å². The first-order valence-electron chi connectivity index (χ1n) is 4.97. The summed E-state index contributed by atoms with van der Waals surface area (Å²) < 4.78 is 18.9. The zero-order valence-electron chi connectivity index (χ0n) is 9.51. The molecule has 20 heavy (non-hydrogen) atoms. The molecule has 0 atom stereocenters. The van der Waals surface area contributed by atoms with Gasteiger partial charge < -0.3 is 10.5 Å². The molecule has 1 heterocycles. The number of nitro groups is 1. The maximum absolute atomic E-state index is 13.4. The van der Waals surface area contributed by atoms with Crippen molar-refractivity contribution in [1.29, 1.82) is 0 Å². The summed E-state index contributed by atoms with van der Waals surface area (Å²) in [6.07, 6.45) is 0.998. The second-order valence-corrected chi connectivity index (χ2v) is 4.73. The molecule has 2 rings (SSSR count). The molecule has 0 radical (unpaired) electrons. The number of hydrogen-bond donors (Lipinski definition) is 1. The summed E-state index contributed by atoms with van der Waals surface area (Å²) in [5, 5.41) is 10.8. The Labute approximate surface area is 124 Å². The molecule has 2 N–H and O–H groups in total. The fraction of sp³-hybridized carbons (Fsp3) is 0. The van der Waals surface area contributed by atoms with Gasteiger partial charge in [0.1, 0.15) is 17.9 Å². The summed E-state index contributed by atoms with van der Waals surface area (Å²) in [4.78, 5) is 17.2. The highest BCUT2D eigenvalue weighted by Gasteiger charge is 2.24. The summed E-state index contributed by atoms with van der Waals surface area (Å²) in [6.45, 7) is 0. The summed E-state index contributed by atoms with van der Waals surface area (Å²) >= 11 is 8.68. The Balaban J connectivity index is 2.48. The van der Waals surface area contributed by atoms with Crippen molar-refractivity contribution in [1.82, 2.24) is 9.97 Å². The predicted molar refractivity (Wildman–Crippen MR) is 72.3 cm³/mol. The van der Waals surface area contributed by atoms with E-state index in [1.165, 1.54) is 6.07 Å². The standard InChI is InChI=1S/C10H5BrClFN4O3/c11-4-1-5(12)6(13)2-7(4)20-10-8(17(18)19)9(14)15-3-16-10/h1-3H,(H2,14,15,16). The van der Waals surface area contributed by atoms with Gasteiger partial charge in [-0.05, 0) is 22.0 Å². The van der Waals surface area contributed by atoms with Gasteiger partial charge in [0.15, 0.2) is 0 Å². The van der Waals surface area contributed by atoms with Gasteiger partial charge in [-0.25, -0.2) is 9.37 Å². The van der Waals surface area contributed by atoms with Crippen LogP contribution in [0, 0.1) is 15.9 Å². The average Bonchev–Trinajstić information content (AvgIpc) is 2.35. The van der Waals surface area contributed by atoms with Crippen LogP contribution in [0.2, 0.25) is 5.02 Å². The van der Waals surface area contributed by atoms with Crippen LogP contribution in [-0.2, 0) is 0 Å². The molecule has 7 nitrogen and oxygen atoms in total. The van der Waals surface area contributed by atoms with Gasteiger partial charge in [0.25, 0.3) is 0 Å². The molecule has 0 bridgehead atoms. The Hall–Kier alpha value is -2.00. The van der Waals surface area contributed by atoms with Crippen LogP contribution in [0.15, 0.2) is 22.9 Å². The van der Waals surface area contributed by atoms with E-state index in [1.54, 1.807) is 0 Å². The minimum Gasteiger partial charge on any atom is -0.432 e. The summed E-state index contributed by atoms with van der Waals surface area (Å²) in [5.41, 5.74) is 4.79. The number of nitrogens with zero attached hydrogens (tertiary/aromatic N) is 3. The minimum atomic E-state index is -0.787. The fourth-order valence-corrected chi connectivity index (χ4v) is 2.03. The Morgan fingerprint density at radius 2 is 2.15 bits per heavy atom. The highest BCUT2D eigenvalue weighted by atomic mass is 79.9. The van der Waals surface area contributed by atoms with Crippen molar-refractivity contribution in [3.63, 3.8) is 0 Å². The molecule has 0 spiro atoms. The highest BCUT2D eigenvalue weighted by Crippen LogP contribution is 2.37. The topological polar surface area (TPSA) is 104 Å². The molecule has 104 valence electrons. The van der Waals surface area contributed by atoms with Crippen LogP contribution in [-0.4, -0.2) is 14.9 Å². The first kappa shape index (κ1) is 14.4. The molecule has 0 aliphatic carbocycles. The first-order chi connectivity index (χ1) is 9.40. The van der Waals surface area contributed by atoms with Crippen molar-refractivity contribution in [2.75, 3.05) is 5.73 Å². The van der Waals surface area contributed by atoms with Gasteiger partial charge in [-0.15, -0.1) is 0 Å². The lowest BCUT2D eigenvalue weighted by molar-refractivity contribution is -0.385. The van der Waals surface area contributed by atoms with Gasteiger partial charge in [0.2, 0.25) is 5.82 Å². The Morgan fingerprint density at radius 1 is 1.45 bits per heavy atom. The van der Waals surface area contributed by atoms with Crippen molar-refractivity contribution in [2.45, 2.75) is 0 Å². The Kier molecular flexibility index (Phi) is 4.00. The summed E-state index contributed by atoms with van der Waals surface area (Å²) in [6, 6.07) is 2.22.